The highest BCUT2D eigenvalue weighted by Crippen LogP contribution is 2.38. The Morgan fingerprint density at radius 1 is 1.00 bits per heavy atom. The van der Waals surface area contributed by atoms with Crippen LogP contribution in [0.1, 0.15) is 65.2 Å². The number of carbonyl (C=O) groups excluding carboxylic acids is 1. The summed E-state index contributed by atoms with van der Waals surface area (Å²) in [5.41, 5.74) is 3.20. The zero-order valence-corrected chi connectivity index (χ0v) is 16.9. The minimum Gasteiger partial charge on any atom is -0.507 e. The maximum Gasteiger partial charge on any atom is 0.219 e. The highest BCUT2D eigenvalue weighted by Gasteiger charge is 2.26. The number of carbonyl (C=O) groups is 1. The molecule has 1 aliphatic heterocycles. The molecule has 4 heteroatoms. The molecule has 4 nitrogen and oxygen atoms in total. The van der Waals surface area contributed by atoms with Gasteiger partial charge >= 0.3 is 0 Å². The van der Waals surface area contributed by atoms with Crippen molar-refractivity contribution in [3.63, 3.8) is 0 Å². The van der Waals surface area contributed by atoms with Crippen LogP contribution in [0.25, 0.3) is 0 Å². The Balaban J connectivity index is 2.29. The average Bonchev–Trinajstić information content (AvgIpc) is 2.47. The Labute approximate surface area is 152 Å². The topological polar surface area (TPSA) is 43.8 Å². The molecule has 25 heavy (non-hydrogen) atoms. The van der Waals surface area contributed by atoms with Crippen LogP contribution in [0, 0.1) is 0 Å². The summed E-state index contributed by atoms with van der Waals surface area (Å²) < 4.78 is 0. The summed E-state index contributed by atoms with van der Waals surface area (Å²) in [4.78, 5) is 15.7. The van der Waals surface area contributed by atoms with Crippen LogP contribution in [0.4, 0.5) is 0 Å². The second-order valence-electron chi connectivity index (χ2n) is 9.31. The molecule has 0 spiro atoms. The lowest BCUT2D eigenvalue weighted by atomic mass is 9.79. The van der Waals surface area contributed by atoms with E-state index in [1.54, 1.807) is 6.92 Å². The molecule has 0 unspecified atom stereocenters. The molecule has 0 saturated carbocycles. The van der Waals surface area contributed by atoms with Gasteiger partial charge < -0.3 is 10.0 Å². The number of rotatable bonds is 2. The number of amides is 1. The Hall–Kier alpha value is -1.55. The zero-order valence-electron chi connectivity index (χ0n) is 16.9. The van der Waals surface area contributed by atoms with Crippen molar-refractivity contribution in [2.24, 2.45) is 0 Å². The van der Waals surface area contributed by atoms with E-state index in [0.29, 0.717) is 5.75 Å². The lowest BCUT2D eigenvalue weighted by molar-refractivity contribution is -0.130. The lowest BCUT2D eigenvalue weighted by Crippen LogP contribution is -2.47. The van der Waals surface area contributed by atoms with Crippen molar-refractivity contribution in [1.82, 2.24) is 9.80 Å². The molecule has 1 amide bonds. The minimum absolute atomic E-state index is 0.0375. The Morgan fingerprint density at radius 2 is 1.56 bits per heavy atom. The predicted molar refractivity (Wildman–Crippen MR) is 103 cm³/mol. The zero-order chi connectivity index (χ0) is 19.0. The molecular weight excluding hydrogens is 312 g/mol. The van der Waals surface area contributed by atoms with E-state index < -0.39 is 0 Å². The van der Waals surface area contributed by atoms with Gasteiger partial charge in [-0.25, -0.2) is 0 Å². The van der Waals surface area contributed by atoms with Crippen LogP contribution >= 0.6 is 0 Å². The van der Waals surface area contributed by atoms with E-state index in [1.807, 2.05) is 4.90 Å². The Bertz CT molecular complexity index is 631. The smallest absolute Gasteiger partial charge is 0.219 e. The van der Waals surface area contributed by atoms with Gasteiger partial charge in [0.05, 0.1) is 0 Å². The van der Waals surface area contributed by atoms with Gasteiger partial charge in [0.1, 0.15) is 5.75 Å². The molecule has 0 aromatic heterocycles. The van der Waals surface area contributed by atoms with Crippen LogP contribution in [0.2, 0.25) is 0 Å². The van der Waals surface area contributed by atoms with Crippen molar-refractivity contribution in [2.45, 2.75) is 65.8 Å². The molecule has 0 aliphatic carbocycles. The number of phenolic OH excluding ortho intramolecular Hbond substituents is 1. The summed E-state index contributed by atoms with van der Waals surface area (Å²) in [5, 5.41) is 10.9. The summed E-state index contributed by atoms with van der Waals surface area (Å²) in [5.74, 6) is 0.571. The van der Waals surface area contributed by atoms with Gasteiger partial charge in [-0.2, -0.15) is 0 Å². The number of hydrogen-bond donors (Lipinski definition) is 1. The lowest BCUT2D eigenvalue weighted by Gasteiger charge is -2.35. The number of nitrogens with zero attached hydrogens (tertiary/aromatic N) is 2. The number of piperazine rings is 1. The van der Waals surface area contributed by atoms with Crippen LogP contribution in [0.15, 0.2) is 12.1 Å². The van der Waals surface area contributed by atoms with Crippen molar-refractivity contribution in [3.05, 3.63) is 28.8 Å². The molecule has 1 aromatic rings. The van der Waals surface area contributed by atoms with E-state index in [4.69, 9.17) is 0 Å². The number of phenols is 1. The van der Waals surface area contributed by atoms with Gasteiger partial charge in [-0.1, -0.05) is 53.7 Å². The van der Waals surface area contributed by atoms with Gasteiger partial charge in [-0.05, 0) is 22.0 Å². The predicted octanol–water partition coefficient (Wildman–Crippen LogP) is 3.65. The quantitative estimate of drug-likeness (QED) is 0.889. The molecule has 1 N–H and O–H groups in total. The second kappa shape index (κ2) is 6.99. The number of benzene rings is 1. The molecule has 1 aromatic carbocycles. The molecule has 0 atom stereocenters. The van der Waals surface area contributed by atoms with Crippen LogP contribution in [-0.4, -0.2) is 47.0 Å². The van der Waals surface area contributed by atoms with Gasteiger partial charge in [-0.3, -0.25) is 9.69 Å². The maximum atomic E-state index is 11.5. The molecular formula is C21H34N2O2. The molecule has 1 saturated heterocycles. The van der Waals surface area contributed by atoms with Gasteiger partial charge in [0.2, 0.25) is 5.91 Å². The molecule has 1 aliphatic rings. The first-order valence-corrected chi connectivity index (χ1v) is 9.24. The normalized spacial score (nSPS) is 17.0. The van der Waals surface area contributed by atoms with E-state index in [0.717, 1.165) is 43.9 Å². The fourth-order valence-electron chi connectivity index (χ4n) is 3.28. The molecule has 2 rings (SSSR count). The SMILES string of the molecule is CC(=O)N1CCN(Cc2cc(C(C)(C)C)cc(C(C)(C)C)c2O)CC1. The van der Waals surface area contributed by atoms with Crippen molar-refractivity contribution in [1.29, 1.82) is 0 Å². The van der Waals surface area contributed by atoms with Crippen LogP contribution in [0.5, 0.6) is 5.75 Å². The van der Waals surface area contributed by atoms with E-state index in [2.05, 4.69) is 58.6 Å². The maximum absolute atomic E-state index is 11.5. The Kier molecular flexibility index (Phi) is 5.53. The third kappa shape index (κ3) is 4.75. The van der Waals surface area contributed by atoms with Gasteiger partial charge in [0, 0.05) is 45.2 Å². The van der Waals surface area contributed by atoms with Crippen LogP contribution < -0.4 is 0 Å². The number of hydrogen-bond acceptors (Lipinski definition) is 3. The van der Waals surface area contributed by atoms with Crippen molar-refractivity contribution in [2.75, 3.05) is 26.2 Å². The van der Waals surface area contributed by atoms with Crippen LogP contribution in [-0.2, 0) is 22.2 Å². The minimum atomic E-state index is -0.104. The van der Waals surface area contributed by atoms with Gasteiger partial charge in [0.15, 0.2) is 0 Å². The third-order valence-electron chi connectivity index (χ3n) is 5.07. The van der Waals surface area contributed by atoms with E-state index in [1.165, 1.54) is 5.56 Å². The van der Waals surface area contributed by atoms with E-state index in [9.17, 15) is 9.90 Å². The summed E-state index contributed by atoms with van der Waals surface area (Å²) in [7, 11) is 0. The first kappa shape index (κ1) is 19.8. The number of aromatic hydroxyl groups is 1. The van der Waals surface area contributed by atoms with Crippen LogP contribution in [0.3, 0.4) is 0 Å². The summed E-state index contributed by atoms with van der Waals surface area (Å²) in [6.07, 6.45) is 0. The van der Waals surface area contributed by atoms with Crippen molar-refractivity contribution < 1.29 is 9.90 Å². The molecule has 1 heterocycles. The summed E-state index contributed by atoms with van der Waals surface area (Å²) in [6, 6.07) is 4.31. The first-order valence-electron chi connectivity index (χ1n) is 9.24. The fourth-order valence-corrected chi connectivity index (χ4v) is 3.28. The van der Waals surface area contributed by atoms with Gasteiger partial charge in [0.25, 0.3) is 0 Å². The third-order valence-corrected chi connectivity index (χ3v) is 5.07. The first-order chi connectivity index (χ1) is 11.4. The highest BCUT2D eigenvalue weighted by molar-refractivity contribution is 5.73. The standard InChI is InChI=1S/C21H34N2O2/c1-15(24)23-10-8-22(9-11-23)14-16-12-17(20(2,3)4)13-18(19(16)25)21(5,6)7/h12-13,25H,8-11,14H2,1-7H3. The monoisotopic (exact) mass is 346 g/mol. The van der Waals surface area contributed by atoms with Crippen molar-refractivity contribution >= 4 is 5.91 Å². The largest absolute Gasteiger partial charge is 0.507 e. The van der Waals surface area contributed by atoms with Crippen molar-refractivity contribution in [3.8, 4) is 5.75 Å². The summed E-state index contributed by atoms with van der Waals surface area (Å²) in [6.45, 7) is 18.6. The summed E-state index contributed by atoms with van der Waals surface area (Å²) >= 11 is 0. The molecule has 1 fully saturated rings. The fraction of sp³-hybridized carbons (Fsp3) is 0.667. The Morgan fingerprint density at radius 3 is 2.00 bits per heavy atom. The van der Waals surface area contributed by atoms with E-state index >= 15 is 0 Å². The molecule has 0 bridgehead atoms. The highest BCUT2D eigenvalue weighted by atomic mass is 16.3. The molecule has 140 valence electrons. The second-order valence-corrected chi connectivity index (χ2v) is 9.31. The average molecular weight is 347 g/mol. The van der Waals surface area contributed by atoms with Gasteiger partial charge in [-0.15, -0.1) is 0 Å². The van der Waals surface area contributed by atoms with E-state index in [-0.39, 0.29) is 16.7 Å². The molecule has 0 radical (unpaired) electrons.